The van der Waals surface area contributed by atoms with Crippen LogP contribution >= 0.6 is 12.4 Å². The lowest BCUT2D eigenvalue weighted by Crippen LogP contribution is -2.24. The van der Waals surface area contributed by atoms with Gasteiger partial charge in [0.05, 0.1) is 5.56 Å². The molecule has 1 saturated carbocycles. The summed E-state index contributed by atoms with van der Waals surface area (Å²) >= 11 is 0. The summed E-state index contributed by atoms with van der Waals surface area (Å²) in [5.74, 6) is -0.687. The summed E-state index contributed by atoms with van der Waals surface area (Å²) < 4.78 is 51.2. The van der Waals surface area contributed by atoms with Crippen LogP contribution < -0.4 is 5.73 Å². The Morgan fingerprint density at radius 3 is 2.20 bits per heavy atom. The van der Waals surface area contributed by atoms with E-state index in [4.69, 9.17) is 5.73 Å². The second-order valence-corrected chi connectivity index (χ2v) is 5.16. The maximum atomic E-state index is 13.8. The summed E-state index contributed by atoms with van der Waals surface area (Å²) in [5, 5.41) is 0. The second kappa shape index (κ2) is 6.76. The van der Waals surface area contributed by atoms with Gasteiger partial charge in [0, 0.05) is 11.6 Å². The van der Waals surface area contributed by atoms with Gasteiger partial charge < -0.3 is 5.73 Å². The molecule has 0 radical (unpaired) electrons. The van der Waals surface area contributed by atoms with Crippen LogP contribution in [0, 0.1) is 11.7 Å². The van der Waals surface area contributed by atoms with Crippen LogP contribution in [0.3, 0.4) is 0 Å². The lowest BCUT2D eigenvalue weighted by Gasteiger charge is -2.28. The molecule has 1 aliphatic carbocycles. The summed E-state index contributed by atoms with van der Waals surface area (Å²) in [6.07, 6.45) is 0.581. The molecule has 0 heterocycles. The average Bonchev–Trinajstić information content (AvgIpc) is 2.38. The van der Waals surface area contributed by atoms with Crippen molar-refractivity contribution in [3.8, 4) is 0 Å². The average molecular weight is 312 g/mol. The van der Waals surface area contributed by atoms with Crippen LogP contribution in [-0.2, 0) is 6.18 Å². The van der Waals surface area contributed by atoms with Crippen LogP contribution in [0.1, 0.15) is 49.3 Å². The first kappa shape index (κ1) is 17.2. The van der Waals surface area contributed by atoms with Gasteiger partial charge in [-0.05, 0) is 30.9 Å². The molecule has 1 aromatic rings. The van der Waals surface area contributed by atoms with E-state index in [9.17, 15) is 17.6 Å². The molecular weight excluding hydrogens is 294 g/mol. The van der Waals surface area contributed by atoms with Gasteiger partial charge in [-0.25, -0.2) is 4.39 Å². The van der Waals surface area contributed by atoms with Crippen LogP contribution in [0.25, 0.3) is 0 Å². The summed E-state index contributed by atoms with van der Waals surface area (Å²) in [6.45, 7) is 0. The van der Waals surface area contributed by atoms with E-state index in [-0.39, 0.29) is 23.9 Å². The highest BCUT2D eigenvalue weighted by Crippen LogP contribution is 2.36. The Morgan fingerprint density at radius 2 is 1.70 bits per heavy atom. The topological polar surface area (TPSA) is 26.0 Å². The highest BCUT2D eigenvalue weighted by atomic mass is 35.5. The van der Waals surface area contributed by atoms with Crippen molar-refractivity contribution in [3.63, 3.8) is 0 Å². The van der Waals surface area contributed by atoms with E-state index in [0.29, 0.717) is 6.07 Å². The highest BCUT2D eigenvalue weighted by Gasteiger charge is 2.32. The fourth-order valence-corrected chi connectivity index (χ4v) is 2.72. The zero-order valence-corrected chi connectivity index (χ0v) is 11.7. The fourth-order valence-electron chi connectivity index (χ4n) is 2.72. The van der Waals surface area contributed by atoms with Crippen LogP contribution in [0.15, 0.2) is 18.2 Å². The number of alkyl halides is 3. The minimum atomic E-state index is -4.52. The lowest BCUT2D eigenvalue weighted by atomic mass is 9.81. The molecule has 1 aromatic carbocycles. The number of rotatable bonds is 2. The molecule has 6 heteroatoms. The van der Waals surface area contributed by atoms with Crippen LogP contribution in [0.5, 0.6) is 0 Å². The summed E-state index contributed by atoms with van der Waals surface area (Å²) in [7, 11) is 0. The molecule has 0 unspecified atom stereocenters. The third kappa shape index (κ3) is 3.85. The number of nitrogens with two attached hydrogens (primary N) is 1. The minimum absolute atomic E-state index is 0. The molecule has 0 spiro atoms. The summed E-state index contributed by atoms with van der Waals surface area (Å²) in [4.78, 5) is 0. The SMILES string of the molecule is Cl.N[C@H](c1ccc(C(F)(F)F)cc1F)C1CCCCC1. The number of hydrogen-bond donors (Lipinski definition) is 1. The first-order chi connectivity index (χ1) is 8.89. The van der Waals surface area contributed by atoms with E-state index in [1.807, 2.05) is 0 Å². The Bertz CT molecular complexity index is 441. The third-order valence-electron chi connectivity index (χ3n) is 3.84. The Hall–Kier alpha value is -0.810. The standard InChI is InChI=1S/C14H17F4N.ClH/c15-12-8-10(14(16,17)18)6-7-11(12)13(19)9-4-2-1-3-5-9;/h6-9,13H,1-5,19H2;1H/t13-;/m0./s1. The molecule has 1 aliphatic rings. The van der Waals surface area contributed by atoms with Gasteiger partial charge in [0.15, 0.2) is 0 Å². The largest absolute Gasteiger partial charge is 0.416 e. The Kier molecular flexibility index (Phi) is 5.83. The smallest absolute Gasteiger partial charge is 0.324 e. The Labute approximate surface area is 122 Å². The Balaban J connectivity index is 0.00000200. The highest BCUT2D eigenvalue weighted by molar-refractivity contribution is 5.85. The van der Waals surface area contributed by atoms with Gasteiger partial charge in [-0.3, -0.25) is 0 Å². The van der Waals surface area contributed by atoms with Gasteiger partial charge in [0.25, 0.3) is 0 Å². The molecule has 0 bridgehead atoms. The zero-order valence-electron chi connectivity index (χ0n) is 10.9. The molecule has 1 atom stereocenters. The van der Waals surface area contributed by atoms with E-state index in [1.165, 1.54) is 6.07 Å². The zero-order chi connectivity index (χ0) is 14.0. The maximum Gasteiger partial charge on any atom is 0.416 e. The molecule has 1 fully saturated rings. The van der Waals surface area contributed by atoms with Crippen molar-refractivity contribution in [2.24, 2.45) is 11.7 Å². The van der Waals surface area contributed by atoms with E-state index in [1.54, 1.807) is 0 Å². The normalized spacial score (nSPS) is 18.4. The monoisotopic (exact) mass is 311 g/mol. The number of halogens is 5. The van der Waals surface area contributed by atoms with Crippen molar-refractivity contribution in [1.82, 2.24) is 0 Å². The van der Waals surface area contributed by atoms with Gasteiger partial charge in [0.1, 0.15) is 5.82 Å². The molecule has 0 aromatic heterocycles. The summed E-state index contributed by atoms with van der Waals surface area (Å²) in [6, 6.07) is 2.11. The molecule has 0 saturated heterocycles. The van der Waals surface area contributed by atoms with Gasteiger partial charge in [0.2, 0.25) is 0 Å². The van der Waals surface area contributed by atoms with E-state index in [2.05, 4.69) is 0 Å². The predicted molar refractivity (Wildman–Crippen MR) is 72.2 cm³/mol. The third-order valence-corrected chi connectivity index (χ3v) is 3.84. The quantitative estimate of drug-likeness (QED) is 0.777. The molecular formula is C14H18ClF4N. The molecule has 0 amide bonds. The van der Waals surface area contributed by atoms with Crippen molar-refractivity contribution < 1.29 is 17.6 Å². The van der Waals surface area contributed by atoms with Crippen molar-refractivity contribution >= 4 is 12.4 Å². The number of hydrogen-bond acceptors (Lipinski definition) is 1. The maximum absolute atomic E-state index is 13.8. The van der Waals surface area contributed by atoms with Crippen molar-refractivity contribution in [2.45, 2.75) is 44.3 Å². The van der Waals surface area contributed by atoms with Crippen LogP contribution in [0.2, 0.25) is 0 Å². The minimum Gasteiger partial charge on any atom is -0.324 e. The van der Waals surface area contributed by atoms with Gasteiger partial charge in [-0.2, -0.15) is 13.2 Å². The van der Waals surface area contributed by atoms with Gasteiger partial charge >= 0.3 is 6.18 Å². The fraction of sp³-hybridized carbons (Fsp3) is 0.571. The van der Waals surface area contributed by atoms with Crippen molar-refractivity contribution in [3.05, 3.63) is 35.1 Å². The molecule has 1 nitrogen and oxygen atoms in total. The predicted octanol–water partition coefficient (Wildman–Crippen LogP) is 4.85. The van der Waals surface area contributed by atoms with E-state index in [0.717, 1.165) is 38.2 Å². The van der Waals surface area contributed by atoms with Gasteiger partial charge in [-0.15, -0.1) is 12.4 Å². The first-order valence-electron chi connectivity index (χ1n) is 6.52. The van der Waals surface area contributed by atoms with Crippen LogP contribution in [-0.4, -0.2) is 0 Å². The number of benzene rings is 1. The van der Waals surface area contributed by atoms with E-state index < -0.39 is 23.6 Å². The van der Waals surface area contributed by atoms with Crippen LogP contribution in [0.4, 0.5) is 17.6 Å². The molecule has 114 valence electrons. The first-order valence-corrected chi connectivity index (χ1v) is 6.52. The lowest BCUT2D eigenvalue weighted by molar-refractivity contribution is -0.137. The Morgan fingerprint density at radius 1 is 1.10 bits per heavy atom. The van der Waals surface area contributed by atoms with E-state index >= 15 is 0 Å². The second-order valence-electron chi connectivity index (χ2n) is 5.16. The molecule has 2 rings (SSSR count). The molecule has 0 aliphatic heterocycles. The van der Waals surface area contributed by atoms with Crippen molar-refractivity contribution in [2.75, 3.05) is 0 Å². The molecule has 2 N–H and O–H groups in total. The summed E-state index contributed by atoms with van der Waals surface area (Å²) in [5.41, 5.74) is 5.23. The van der Waals surface area contributed by atoms with Crippen molar-refractivity contribution in [1.29, 1.82) is 0 Å². The molecule has 20 heavy (non-hydrogen) atoms. The van der Waals surface area contributed by atoms with Gasteiger partial charge in [-0.1, -0.05) is 25.3 Å².